The number of hydrogen-bond donors (Lipinski definition) is 2. The zero-order valence-corrected chi connectivity index (χ0v) is 10.1. The number of benzene rings is 1. The van der Waals surface area contributed by atoms with E-state index in [1.165, 1.54) is 7.11 Å². The van der Waals surface area contributed by atoms with E-state index >= 15 is 0 Å². The number of likely N-dealkylation sites (tertiary alicyclic amines) is 1. The van der Waals surface area contributed by atoms with E-state index in [1.54, 1.807) is 12.1 Å². The molecule has 0 amide bonds. The van der Waals surface area contributed by atoms with Crippen molar-refractivity contribution in [2.75, 3.05) is 20.3 Å². The molecule has 1 fully saturated rings. The van der Waals surface area contributed by atoms with Crippen LogP contribution in [0.3, 0.4) is 0 Å². The molecular weight excluding hydrogens is 218 g/mol. The molecule has 4 heteroatoms. The fraction of sp³-hybridized carbons (Fsp3) is 0.538. The van der Waals surface area contributed by atoms with Gasteiger partial charge in [-0.2, -0.15) is 0 Å². The number of phenolic OH excluding ortho intramolecular Hbond substituents is 1. The van der Waals surface area contributed by atoms with Crippen molar-refractivity contribution in [2.24, 2.45) is 0 Å². The molecule has 0 aliphatic carbocycles. The first-order valence-corrected chi connectivity index (χ1v) is 5.95. The SMILES string of the molecule is COc1ccc(CN2CCC[C@H]2CO)cc1O. The van der Waals surface area contributed by atoms with Crippen molar-refractivity contribution in [1.82, 2.24) is 4.90 Å². The van der Waals surface area contributed by atoms with Gasteiger partial charge in [-0.25, -0.2) is 0 Å². The van der Waals surface area contributed by atoms with Crippen LogP contribution in [0.15, 0.2) is 18.2 Å². The van der Waals surface area contributed by atoms with Gasteiger partial charge in [0.15, 0.2) is 11.5 Å². The van der Waals surface area contributed by atoms with Crippen LogP contribution in [0.25, 0.3) is 0 Å². The van der Waals surface area contributed by atoms with Crippen molar-refractivity contribution in [3.63, 3.8) is 0 Å². The molecule has 2 N–H and O–H groups in total. The Kier molecular flexibility index (Phi) is 3.86. The predicted octanol–water partition coefficient (Wildman–Crippen LogP) is 1.36. The van der Waals surface area contributed by atoms with Gasteiger partial charge >= 0.3 is 0 Å². The molecule has 2 rings (SSSR count). The normalized spacial score (nSPS) is 20.7. The third kappa shape index (κ3) is 2.70. The summed E-state index contributed by atoms with van der Waals surface area (Å²) in [4.78, 5) is 2.25. The van der Waals surface area contributed by atoms with E-state index in [1.807, 2.05) is 6.07 Å². The summed E-state index contributed by atoms with van der Waals surface area (Å²) in [7, 11) is 1.54. The van der Waals surface area contributed by atoms with Gasteiger partial charge in [0, 0.05) is 12.6 Å². The first-order chi connectivity index (χ1) is 8.24. The number of aliphatic hydroxyl groups excluding tert-OH is 1. The molecule has 1 aromatic carbocycles. The van der Waals surface area contributed by atoms with E-state index in [2.05, 4.69) is 4.90 Å². The van der Waals surface area contributed by atoms with Crippen molar-refractivity contribution in [3.8, 4) is 11.5 Å². The summed E-state index contributed by atoms with van der Waals surface area (Å²) in [5.41, 5.74) is 1.05. The number of aromatic hydroxyl groups is 1. The summed E-state index contributed by atoms with van der Waals surface area (Å²) < 4.78 is 5.01. The zero-order chi connectivity index (χ0) is 12.3. The topological polar surface area (TPSA) is 52.9 Å². The average Bonchev–Trinajstić information content (AvgIpc) is 2.76. The third-order valence-electron chi connectivity index (χ3n) is 3.34. The van der Waals surface area contributed by atoms with Crippen LogP contribution >= 0.6 is 0 Å². The van der Waals surface area contributed by atoms with Gasteiger partial charge in [-0.05, 0) is 37.1 Å². The van der Waals surface area contributed by atoms with Gasteiger partial charge in [0.25, 0.3) is 0 Å². The maximum absolute atomic E-state index is 9.70. The lowest BCUT2D eigenvalue weighted by atomic mass is 10.1. The van der Waals surface area contributed by atoms with Crippen LogP contribution in [0.4, 0.5) is 0 Å². The van der Waals surface area contributed by atoms with Crippen molar-refractivity contribution < 1.29 is 14.9 Å². The maximum Gasteiger partial charge on any atom is 0.160 e. The quantitative estimate of drug-likeness (QED) is 0.830. The van der Waals surface area contributed by atoms with Crippen LogP contribution in [-0.4, -0.2) is 41.4 Å². The largest absolute Gasteiger partial charge is 0.504 e. The minimum Gasteiger partial charge on any atom is -0.504 e. The number of nitrogens with zero attached hydrogens (tertiary/aromatic N) is 1. The number of phenols is 1. The highest BCUT2D eigenvalue weighted by atomic mass is 16.5. The van der Waals surface area contributed by atoms with E-state index in [0.29, 0.717) is 5.75 Å². The van der Waals surface area contributed by atoms with Crippen molar-refractivity contribution >= 4 is 0 Å². The van der Waals surface area contributed by atoms with Crippen LogP contribution in [0.1, 0.15) is 18.4 Å². The van der Waals surface area contributed by atoms with Gasteiger partial charge in [0.2, 0.25) is 0 Å². The Morgan fingerprint density at radius 1 is 1.47 bits per heavy atom. The lowest BCUT2D eigenvalue weighted by molar-refractivity contribution is 0.153. The average molecular weight is 237 g/mol. The lowest BCUT2D eigenvalue weighted by Crippen LogP contribution is -2.31. The van der Waals surface area contributed by atoms with Crippen LogP contribution in [0.2, 0.25) is 0 Å². The highest BCUT2D eigenvalue weighted by Crippen LogP contribution is 2.28. The smallest absolute Gasteiger partial charge is 0.160 e. The number of methoxy groups -OCH3 is 1. The standard InChI is InChI=1S/C13H19NO3/c1-17-13-5-4-10(7-12(13)16)8-14-6-2-3-11(14)9-15/h4-5,7,11,15-16H,2-3,6,8-9H2,1H3/t11-/m0/s1. The van der Waals surface area contributed by atoms with E-state index in [4.69, 9.17) is 4.74 Å². The summed E-state index contributed by atoms with van der Waals surface area (Å²) >= 11 is 0. The first kappa shape index (κ1) is 12.2. The molecule has 1 saturated heterocycles. The Morgan fingerprint density at radius 3 is 2.94 bits per heavy atom. The van der Waals surface area contributed by atoms with Crippen molar-refractivity contribution in [1.29, 1.82) is 0 Å². The van der Waals surface area contributed by atoms with Gasteiger partial charge < -0.3 is 14.9 Å². The molecule has 0 aromatic heterocycles. The molecule has 0 bridgehead atoms. The fourth-order valence-corrected chi connectivity index (χ4v) is 2.38. The van der Waals surface area contributed by atoms with Crippen molar-refractivity contribution in [2.45, 2.75) is 25.4 Å². The minimum absolute atomic E-state index is 0.171. The summed E-state index contributed by atoms with van der Waals surface area (Å²) in [6, 6.07) is 5.71. The molecule has 0 saturated carbocycles. The highest BCUT2D eigenvalue weighted by molar-refractivity contribution is 5.41. The van der Waals surface area contributed by atoms with Gasteiger partial charge in [-0.3, -0.25) is 4.90 Å². The molecule has 0 spiro atoms. The first-order valence-electron chi connectivity index (χ1n) is 5.95. The Labute approximate surface area is 101 Å². The molecule has 4 nitrogen and oxygen atoms in total. The van der Waals surface area contributed by atoms with E-state index in [-0.39, 0.29) is 18.4 Å². The van der Waals surface area contributed by atoms with Crippen LogP contribution < -0.4 is 4.74 Å². The molecule has 0 radical (unpaired) electrons. The Morgan fingerprint density at radius 2 is 2.29 bits per heavy atom. The molecule has 1 heterocycles. The van der Waals surface area contributed by atoms with Gasteiger partial charge in [-0.1, -0.05) is 6.07 Å². The predicted molar refractivity (Wildman–Crippen MR) is 65.2 cm³/mol. The van der Waals surface area contributed by atoms with Crippen LogP contribution in [0, 0.1) is 0 Å². The summed E-state index contributed by atoms with van der Waals surface area (Å²) in [5, 5.41) is 18.9. The molecule has 1 aliphatic heterocycles. The highest BCUT2D eigenvalue weighted by Gasteiger charge is 2.23. The van der Waals surface area contributed by atoms with E-state index in [9.17, 15) is 10.2 Å². The second kappa shape index (κ2) is 5.38. The molecule has 1 aromatic rings. The number of aliphatic hydroxyl groups is 1. The monoisotopic (exact) mass is 237 g/mol. The lowest BCUT2D eigenvalue weighted by Gasteiger charge is -2.22. The number of ether oxygens (including phenoxy) is 1. The summed E-state index contributed by atoms with van der Waals surface area (Å²) in [6.07, 6.45) is 2.19. The Hall–Kier alpha value is -1.26. The van der Waals surface area contributed by atoms with E-state index in [0.717, 1.165) is 31.5 Å². The van der Waals surface area contributed by atoms with Crippen LogP contribution in [-0.2, 0) is 6.54 Å². The molecule has 1 aliphatic rings. The second-order valence-corrected chi connectivity index (χ2v) is 4.46. The zero-order valence-electron chi connectivity index (χ0n) is 10.1. The maximum atomic E-state index is 9.70. The Bertz CT molecular complexity index is 381. The third-order valence-corrected chi connectivity index (χ3v) is 3.34. The van der Waals surface area contributed by atoms with Gasteiger partial charge in [-0.15, -0.1) is 0 Å². The molecule has 1 atom stereocenters. The molecule has 17 heavy (non-hydrogen) atoms. The molecule has 0 unspecified atom stereocenters. The fourth-order valence-electron chi connectivity index (χ4n) is 2.38. The van der Waals surface area contributed by atoms with Crippen molar-refractivity contribution in [3.05, 3.63) is 23.8 Å². The van der Waals surface area contributed by atoms with Gasteiger partial charge in [0.05, 0.1) is 13.7 Å². The molecular formula is C13H19NO3. The summed E-state index contributed by atoms with van der Waals surface area (Å²) in [6.45, 7) is 1.99. The summed E-state index contributed by atoms with van der Waals surface area (Å²) in [5.74, 6) is 0.665. The molecule has 94 valence electrons. The van der Waals surface area contributed by atoms with Gasteiger partial charge in [0.1, 0.15) is 0 Å². The Balaban J connectivity index is 2.05. The van der Waals surface area contributed by atoms with Crippen LogP contribution in [0.5, 0.6) is 11.5 Å². The van der Waals surface area contributed by atoms with E-state index < -0.39 is 0 Å². The number of hydrogen-bond acceptors (Lipinski definition) is 4. The second-order valence-electron chi connectivity index (χ2n) is 4.46. The number of rotatable bonds is 4. The minimum atomic E-state index is 0.171.